The predicted octanol–water partition coefficient (Wildman–Crippen LogP) is 18.2. The Kier molecular flexibility index (Phi) is 56.0. The molecule has 462 valence electrons. The van der Waals surface area contributed by atoms with Crippen molar-refractivity contribution in [3.05, 3.63) is 60.8 Å². The van der Waals surface area contributed by atoms with Crippen LogP contribution in [0.25, 0.3) is 0 Å². The molecule has 1 fully saturated rings. The number of nitrogens with one attached hydrogen (secondary N) is 1. The summed E-state index contributed by atoms with van der Waals surface area (Å²) in [6.45, 7) is 3.79. The van der Waals surface area contributed by atoms with Crippen molar-refractivity contribution in [1.82, 2.24) is 5.32 Å². The van der Waals surface area contributed by atoms with E-state index in [2.05, 4.69) is 67.8 Å². The first kappa shape index (κ1) is 74.9. The molecule has 1 aliphatic rings. The minimum absolute atomic E-state index is 0.182. The van der Waals surface area contributed by atoms with E-state index in [0.29, 0.717) is 6.42 Å². The monoisotopic (exact) mass is 1110 g/mol. The first-order valence-corrected chi connectivity index (χ1v) is 34.0. The van der Waals surface area contributed by atoms with Gasteiger partial charge in [0.25, 0.3) is 0 Å². The number of unbranched alkanes of at least 4 members (excludes halogenated alkanes) is 41. The van der Waals surface area contributed by atoms with Crippen molar-refractivity contribution in [3.63, 3.8) is 0 Å². The van der Waals surface area contributed by atoms with E-state index in [-0.39, 0.29) is 12.5 Å². The van der Waals surface area contributed by atoms with E-state index in [4.69, 9.17) is 9.47 Å². The maximum Gasteiger partial charge on any atom is 0.220 e. The van der Waals surface area contributed by atoms with Crippen LogP contribution in [0.5, 0.6) is 0 Å². The van der Waals surface area contributed by atoms with Crippen molar-refractivity contribution in [1.29, 1.82) is 0 Å². The number of hydrogen-bond donors (Lipinski definition) is 6. The Morgan fingerprint density at radius 2 is 0.759 bits per heavy atom. The lowest BCUT2D eigenvalue weighted by molar-refractivity contribution is -0.302. The number of carbonyl (C=O) groups excluding carboxylic acids is 1. The highest BCUT2D eigenvalue weighted by Crippen LogP contribution is 2.23. The van der Waals surface area contributed by atoms with Crippen LogP contribution in [-0.2, 0) is 14.3 Å². The Morgan fingerprint density at radius 3 is 1.15 bits per heavy atom. The third-order valence-corrected chi connectivity index (χ3v) is 16.1. The van der Waals surface area contributed by atoms with Gasteiger partial charge in [-0.05, 0) is 70.6 Å². The van der Waals surface area contributed by atoms with Crippen LogP contribution >= 0.6 is 0 Å². The molecule has 1 saturated heterocycles. The van der Waals surface area contributed by atoms with Gasteiger partial charge in [-0.3, -0.25) is 4.79 Å². The Bertz CT molecular complexity index is 1430. The Morgan fingerprint density at radius 1 is 0.430 bits per heavy atom. The van der Waals surface area contributed by atoms with Crippen LogP contribution in [0.4, 0.5) is 0 Å². The molecule has 1 rings (SSSR count). The summed E-state index contributed by atoms with van der Waals surface area (Å²) >= 11 is 0. The molecule has 7 atom stereocenters. The van der Waals surface area contributed by atoms with Crippen LogP contribution in [0.15, 0.2) is 60.8 Å². The third-order valence-electron chi connectivity index (χ3n) is 16.1. The molecule has 6 N–H and O–H groups in total. The van der Waals surface area contributed by atoms with Gasteiger partial charge in [0.05, 0.1) is 25.4 Å². The number of aliphatic hydroxyl groups is 5. The van der Waals surface area contributed by atoms with Gasteiger partial charge < -0.3 is 40.3 Å². The molecule has 1 aliphatic heterocycles. The Hall–Kier alpha value is -2.11. The highest BCUT2D eigenvalue weighted by atomic mass is 16.7. The van der Waals surface area contributed by atoms with Gasteiger partial charge in [0, 0.05) is 6.42 Å². The molecule has 0 aromatic carbocycles. The fraction of sp³-hybridized carbons (Fsp3) is 0.843. The van der Waals surface area contributed by atoms with Crippen molar-refractivity contribution in [2.24, 2.45) is 0 Å². The summed E-state index contributed by atoms with van der Waals surface area (Å²) < 4.78 is 11.3. The lowest BCUT2D eigenvalue weighted by atomic mass is 9.99. The molecule has 0 aromatic heterocycles. The fourth-order valence-electron chi connectivity index (χ4n) is 10.7. The van der Waals surface area contributed by atoms with Gasteiger partial charge in [-0.2, -0.15) is 0 Å². The molecule has 7 unspecified atom stereocenters. The van der Waals surface area contributed by atoms with E-state index in [9.17, 15) is 30.3 Å². The second-order valence-corrected chi connectivity index (χ2v) is 23.6. The van der Waals surface area contributed by atoms with Crippen LogP contribution in [0.3, 0.4) is 0 Å². The minimum Gasteiger partial charge on any atom is -0.394 e. The minimum atomic E-state index is -1.57. The lowest BCUT2D eigenvalue weighted by Crippen LogP contribution is -2.60. The van der Waals surface area contributed by atoms with Crippen LogP contribution in [0, 0.1) is 0 Å². The van der Waals surface area contributed by atoms with Gasteiger partial charge in [0.2, 0.25) is 5.91 Å². The van der Waals surface area contributed by atoms with Crippen molar-refractivity contribution in [3.8, 4) is 0 Å². The van der Waals surface area contributed by atoms with Crippen molar-refractivity contribution < 1.29 is 39.8 Å². The topological polar surface area (TPSA) is 149 Å². The van der Waals surface area contributed by atoms with Gasteiger partial charge in [-0.15, -0.1) is 0 Å². The quantitative estimate of drug-likeness (QED) is 0.0261. The maximum absolute atomic E-state index is 13.1. The molecule has 79 heavy (non-hydrogen) atoms. The highest BCUT2D eigenvalue weighted by molar-refractivity contribution is 5.76. The number of carbonyl (C=O) groups is 1. The van der Waals surface area contributed by atoms with E-state index < -0.39 is 49.5 Å². The molecule has 0 radical (unpaired) electrons. The van der Waals surface area contributed by atoms with E-state index >= 15 is 0 Å². The normalized spacial score (nSPS) is 18.9. The number of aliphatic hydroxyl groups excluding tert-OH is 5. The standard InChI is InChI=1S/C70H129NO8/c1-3-5-7-9-11-13-15-17-19-21-23-25-26-27-28-29-30-31-32-33-34-35-36-37-38-40-42-44-46-48-50-52-54-56-58-60-66(74)71-63(62-78-70-69(77)68(76)67(75)65(61-72)79-70)64(73)59-57-55-53-51-49-47-45-43-41-39-24-22-20-18-16-14-12-10-8-6-4-2/h15,17,21,23,26-27,49,51,57,59,63-65,67-70,72-73,75-77H,3-14,16,18-20,22,24-25,28-48,50,52-56,58,60-62H2,1-2H3,(H,71,74)/b17-15-,23-21-,27-26-,51-49+,59-57+. The van der Waals surface area contributed by atoms with Crippen LogP contribution in [0.2, 0.25) is 0 Å². The first-order chi connectivity index (χ1) is 38.8. The summed E-state index contributed by atoms with van der Waals surface area (Å²) in [5.74, 6) is -0.182. The number of ether oxygens (including phenoxy) is 2. The van der Waals surface area contributed by atoms with Gasteiger partial charge in [0.15, 0.2) is 6.29 Å². The summed E-state index contributed by atoms with van der Waals surface area (Å²) in [6, 6.07) is -0.823. The largest absolute Gasteiger partial charge is 0.394 e. The Labute approximate surface area is 487 Å². The van der Waals surface area contributed by atoms with Gasteiger partial charge in [-0.25, -0.2) is 0 Å². The molecule has 0 spiro atoms. The van der Waals surface area contributed by atoms with E-state index in [1.165, 1.54) is 250 Å². The molecule has 0 aromatic rings. The van der Waals surface area contributed by atoms with Crippen LogP contribution in [-0.4, -0.2) is 87.5 Å². The van der Waals surface area contributed by atoms with Crippen molar-refractivity contribution in [2.75, 3.05) is 13.2 Å². The van der Waals surface area contributed by atoms with Gasteiger partial charge in [-0.1, -0.05) is 306 Å². The average molecular weight is 1110 g/mol. The van der Waals surface area contributed by atoms with Crippen LogP contribution < -0.4 is 5.32 Å². The summed E-state index contributed by atoms with van der Waals surface area (Å²) in [5.41, 5.74) is 0. The zero-order valence-electron chi connectivity index (χ0n) is 51.6. The number of hydrogen-bond acceptors (Lipinski definition) is 8. The molecule has 0 bridgehead atoms. The molecular weight excluding hydrogens is 983 g/mol. The highest BCUT2D eigenvalue weighted by Gasteiger charge is 2.44. The Balaban J connectivity index is 2.12. The van der Waals surface area contributed by atoms with Gasteiger partial charge in [0.1, 0.15) is 24.4 Å². The molecular formula is C70H129NO8. The zero-order chi connectivity index (χ0) is 57.2. The second kappa shape index (κ2) is 59.1. The summed E-state index contributed by atoms with van der Waals surface area (Å²) in [4.78, 5) is 13.1. The molecule has 1 amide bonds. The van der Waals surface area contributed by atoms with Crippen molar-refractivity contribution in [2.45, 2.75) is 365 Å². The lowest BCUT2D eigenvalue weighted by Gasteiger charge is -2.40. The van der Waals surface area contributed by atoms with Gasteiger partial charge >= 0.3 is 0 Å². The smallest absolute Gasteiger partial charge is 0.220 e. The van der Waals surface area contributed by atoms with E-state index in [1.807, 2.05) is 6.08 Å². The number of rotatable bonds is 59. The molecule has 0 saturated carbocycles. The van der Waals surface area contributed by atoms with E-state index in [1.54, 1.807) is 6.08 Å². The molecule has 0 aliphatic carbocycles. The maximum atomic E-state index is 13.1. The second-order valence-electron chi connectivity index (χ2n) is 23.6. The molecule has 1 heterocycles. The van der Waals surface area contributed by atoms with Crippen LogP contribution in [0.1, 0.15) is 322 Å². The van der Waals surface area contributed by atoms with Crippen molar-refractivity contribution >= 4 is 5.91 Å². The predicted molar refractivity (Wildman–Crippen MR) is 336 cm³/mol. The first-order valence-electron chi connectivity index (χ1n) is 34.0. The molecule has 9 heteroatoms. The summed E-state index contributed by atoms with van der Waals surface area (Å²) in [7, 11) is 0. The number of amides is 1. The zero-order valence-corrected chi connectivity index (χ0v) is 51.6. The SMILES string of the molecule is CCCCCCC/C=C\C/C=C\C/C=C\CCCCCCCCCCCCCCCCCCCCCCC(=O)NC(COC1OC(CO)C(O)C(O)C1O)C(O)/C=C/CC/C=C/CCCCCCCCCCCCCCCCC. The van der Waals surface area contributed by atoms with E-state index in [0.717, 1.165) is 51.4 Å². The summed E-state index contributed by atoms with van der Waals surface area (Å²) in [6.07, 6.45) is 74.7. The number of allylic oxidation sites excluding steroid dienone is 9. The fourth-order valence-corrected chi connectivity index (χ4v) is 10.7. The molecule has 9 nitrogen and oxygen atoms in total. The third kappa shape index (κ3) is 48.0. The average Bonchev–Trinajstić information content (AvgIpc) is 3.47. The summed E-state index contributed by atoms with van der Waals surface area (Å²) in [5, 5.41) is 54.7.